The first kappa shape index (κ1) is 20.6. The number of rotatable bonds is 6. The molecular weight excluding hydrogens is 352 g/mol. The summed E-state index contributed by atoms with van der Waals surface area (Å²) in [7, 11) is 0. The summed E-state index contributed by atoms with van der Waals surface area (Å²) in [5.74, 6) is 1.12. The maximum absolute atomic E-state index is 12.3. The zero-order valence-electron chi connectivity index (χ0n) is 16.9. The van der Waals surface area contributed by atoms with E-state index in [4.69, 9.17) is 4.99 Å². The summed E-state index contributed by atoms with van der Waals surface area (Å²) in [6.07, 6.45) is 7.80. The molecule has 2 saturated carbocycles. The van der Waals surface area contributed by atoms with E-state index >= 15 is 0 Å². The van der Waals surface area contributed by atoms with Crippen molar-refractivity contribution in [2.24, 2.45) is 10.9 Å². The van der Waals surface area contributed by atoms with Crippen LogP contribution in [-0.4, -0.2) is 35.7 Å². The molecule has 1 amide bonds. The predicted octanol–water partition coefficient (Wildman–Crippen LogP) is 3.17. The first-order valence-corrected chi connectivity index (χ1v) is 10.8. The number of hydrogen-bond donors (Lipinski definition) is 4. The quantitative estimate of drug-likeness (QED) is 0.447. The highest BCUT2D eigenvalue weighted by atomic mass is 16.3. The Kier molecular flexibility index (Phi) is 7.71. The van der Waals surface area contributed by atoms with Crippen molar-refractivity contribution in [3.05, 3.63) is 29.8 Å². The monoisotopic (exact) mass is 386 g/mol. The van der Waals surface area contributed by atoms with Gasteiger partial charge in [0.05, 0.1) is 12.6 Å². The van der Waals surface area contributed by atoms with Crippen molar-refractivity contribution in [3.63, 3.8) is 0 Å². The van der Waals surface area contributed by atoms with Crippen LogP contribution in [0, 0.1) is 5.92 Å². The van der Waals surface area contributed by atoms with Crippen molar-refractivity contribution in [1.29, 1.82) is 0 Å². The second-order valence-electron chi connectivity index (χ2n) is 8.02. The molecule has 154 valence electrons. The Hall–Kier alpha value is -2.08. The fourth-order valence-corrected chi connectivity index (χ4v) is 4.08. The predicted molar refractivity (Wildman–Crippen MR) is 113 cm³/mol. The molecule has 0 aromatic heterocycles. The molecule has 0 spiro atoms. The first-order valence-electron chi connectivity index (χ1n) is 10.8. The molecule has 1 aromatic carbocycles. The summed E-state index contributed by atoms with van der Waals surface area (Å²) in [6.45, 7) is 3.41. The number of aliphatic imine (C=N–C) groups is 1. The number of benzene rings is 1. The standard InChI is InChI=1S/C22H34N4O2/c1-2-23-22(26-18-10-12-20(27)13-11-18)24-15-16-6-5-9-19(14-16)25-21(28)17-7-3-4-8-17/h5-6,9,14,17-18,20,27H,2-4,7-8,10-13,15H2,1H3,(H,25,28)(H2,23,24,26). The average molecular weight is 387 g/mol. The molecule has 6 nitrogen and oxygen atoms in total. The van der Waals surface area contributed by atoms with Gasteiger partial charge in [-0.3, -0.25) is 4.79 Å². The SMILES string of the molecule is CCNC(=NCc1cccc(NC(=O)C2CCCC2)c1)NC1CCC(O)CC1. The Bertz CT molecular complexity index is 662. The Labute approximate surface area is 168 Å². The van der Waals surface area contributed by atoms with Gasteiger partial charge >= 0.3 is 0 Å². The summed E-state index contributed by atoms with van der Waals surface area (Å²) in [5.41, 5.74) is 1.92. The van der Waals surface area contributed by atoms with Crippen molar-refractivity contribution in [3.8, 4) is 0 Å². The normalized spacial score (nSPS) is 23.4. The van der Waals surface area contributed by atoms with E-state index in [1.54, 1.807) is 0 Å². The molecule has 4 N–H and O–H groups in total. The lowest BCUT2D eigenvalue weighted by Crippen LogP contribution is -2.45. The van der Waals surface area contributed by atoms with E-state index in [1.165, 1.54) is 0 Å². The number of hydrogen-bond acceptors (Lipinski definition) is 3. The van der Waals surface area contributed by atoms with E-state index in [-0.39, 0.29) is 17.9 Å². The molecule has 28 heavy (non-hydrogen) atoms. The van der Waals surface area contributed by atoms with Crippen molar-refractivity contribution in [2.75, 3.05) is 11.9 Å². The summed E-state index contributed by atoms with van der Waals surface area (Å²) in [5, 5.41) is 19.5. The van der Waals surface area contributed by atoms with Crippen LogP contribution in [0.3, 0.4) is 0 Å². The Morgan fingerprint density at radius 1 is 1.14 bits per heavy atom. The van der Waals surface area contributed by atoms with E-state index in [1.807, 2.05) is 24.3 Å². The number of nitrogens with one attached hydrogen (secondary N) is 3. The maximum Gasteiger partial charge on any atom is 0.227 e. The minimum atomic E-state index is -0.153. The second kappa shape index (κ2) is 10.5. The molecule has 1 aromatic rings. The third kappa shape index (κ3) is 6.23. The molecular formula is C22H34N4O2. The lowest BCUT2D eigenvalue weighted by Gasteiger charge is -2.27. The van der Waals surface area contributed by atoms with Gasteiger partial charge in [-0.1, -0.05) is 25.0 Å². The molecule has 0 saturated heterocycles. The maximum atomic E-state index is 12.3. The van der Waals surface area contributed by atoms with E-state index in [9.17, 15) is 9.90 Å². The van der Waals surface area contributed by atoms with E-state index in [2.05, 4.69) is 22.9 Å². The molecule has 0 bridgehead atoms. The molecule has 0 radical (unpaired) electrons. The smallest absolute Gasteiger partial charge is 0.227 e. The van der Waals surface area contributed by atoms with Gasteiger partial charge < -0.3 is 21.1 Å². The van der Waals surface area contributed by atoms with Crippen LogP contribution in [0.1, 0.15) is 63.9 Å². The molecule has 3 rings (SSSR count). The Morgan fingerprint density at radius 3 is 2.61 bits per heavy atom. The molecule has 2 fully saturated rings. The van der Waals surface area contributed by atoms with Crippen molar-refractivity contribution >= 4 is 17.6 Å². The zero-order valence-corrected chi connectivity index (χ0v) is 16.9. The third-order valence-corrected chi connectivity index (χ3v) is 5.72. The van der Waals surface area contributed by atoms with E-state index < -0.39 is 0 Å². The Balaban J connectivity index is 1.56. The number of aliphatic hydroxyl groups is 1. The molecule has 2 aliphatic rings. The molecule has 0 atom stereocenters. The average Bonchev–Trinajstić information content (AvgIpc) is 3.23. The van der Waals surface area contributed by atoms with E-state index in [0.717, 1.165) is 75.1 Å². The largest absolute Gasteiger partial charge is 0.393 e. The van der Waals surface area contributed by atoms with Gasteiger partial charge in [-0.25, -0.2) is 4.99 Å². The van der Waals surface area contributed by atoms with Crippen LogP contribution in [0.4, 0.5) is 5.69 Å². The number of nitrogens with zero attached hydrogens (tertiary/aromatic N) is 1. The van der Waals surface area contributed by atoms with Gasteiger partial charge in [-0.15, -0.1) is 0 Å². The summed E-state index contributed by atoms with van der Waals surface area (Å²) >= 11 is 0. The number of aliphatic hydroxyl groups excluding tert-OH is 1. The van der Waals surface area contributed by atoms with Gasteiger partial charge in [-0.2, -0.15) is 0 Å². The molecule has 0 aliphatic heterocycles. The van der Waals surface area contributed by atoms with Gasteiger partial charge in [0.2, 0.25) is 5.91 Å². The Morgan fingerprint density at radius 2 is 1.89 bits per heavy atom. The number of carbonyl (C=O) groups excluding carboxylic acids is 1. The van der Waals surface area contributed by atoms with Gasteiger partial charge in [0.15, 0.2) is 5.96 Å². The minimum absolute atomic E-state index is 0.146. The number of carbonyl (C=O) groups is 1. The highest BCUT2D eigenvalue weighted by Gasteiger charge is 2.22. The van der Waals surface area contributed by atoms with Gasteiger partial charge in [0, 0.05) is 24.2 Å². The third-order valence-electron chi connectivity index (χ3n) is 5.72. The van der Waals surface area contributed by atoms with Crippen molar-refractivity contribution in [2.45, 2.75) is 77.0 Å². The fraction of sp³-hybridized carbons (Fsp3) is 0.636. The van der Waals surface area contributed by atoms with Crippen LogP contribution in [-0.2, 0) is 11.3 Å². The highest BCUT2D eigenvalue weighted by molar-refractivity contribution is 5.92. The fourth-order valence-electron chi connectivity index (χ4n) is 4.08. The summed E-state index contributed by atoms with van der Waals surface area (Å²) < 4.78 is 0. The van der Waals surface area contributed by atoms with Crippen LogP contribution in [0.5, 0.6) is 0 Å². The van der Waals surface area contributed by atoms with E-state index in [0.29, 0.717) is 12.6 Å². The van der Waals surface area contributed by atoms with Gasteiger partial charge in [0.1, 0.15) is 0 Å². The van der Waals surface area contributed by atoms with Gasteiger partial charge in [0.25, 0.3) is 0 Å². The van der Waals surface area contributed by atoms with Crippen LogP contribution < -0.4 is 16.0 Å². The lowest BCUT2D eigenvalue weighted by molar-refractivity contribution is -0.119. The summed E-state index contributed by atoms with van der Waals surface area (Å²) in [6, 6.07) is 8.32. The van der Waals surface area contributed by atoms with Crippen LogP contribution in [0.2, 0.25) is 0 Å². The highest BCUT2D eigenvalue weighted by Crippen LogP contribution is 2.26. The first-order chi connectivity index (χ1) is 13.6. The molecule has 0 unspecified atom stereocenters. The summed E-state index contributed by atoms with van der Waals surface area (Å²) in [4.78, 5) is 17.1. The number of guanidine groups is 1. The van der Waals surface area contributed by atoms with Crippen molar-refractivity contribution in [1.82, 2.24) is 10.6 Å². The minimum Gasteiger partial charge on any atom is -0.393 e. The lowest BCUT2D eigenvalue weighted by atomic mass is 9.93. The van der Waals surface area contributed by atoms with Crippen LogP contribution in [0.15, 0.2) is 29.3 Å². The topological polar surface area (TPSA) is 85.8 Å². The van der Waals surface area contributed by atoms with Crippen LogP contribution in [0.25, 0.3) is 0 Å². The van der Waals surface area contributed by atoms with Crippen LogP contribution >= 0.6 is 0 Å². The van der Waals surface area contributed by atoms with Crippen molar-refractivity contribution < 1.29 is 9.90 Å². The van der Waals surface area contributed by atoms with Gasteiger partial charge in [-0.05, 0) is 63.1 Å². The number of anilines is 1. The molecule has 6 heteroatoms. The second-order valence-corrected chi connectivity index (χ2v) is 8.02. The molecule has 0 heterocycles. The zero-order chi connectivity index (χ0) is 19.8. The molecule has 2 aliphatic carbocycles. The number of amides is 1.